The first-order valence-corrected chi connectivity index (χ1v) is 5.81. The van der Waals surface area contributed by atoms with Gasteiger partial charge in [0, 0.05) is 12.0 Å². The Labute approximate surface area is 97.1 Å². The molecule has 0 atom stereocenters. The minimum atomic E-state index is -0.215. The highest BCUT2D eigenvalue weighted by Crippen LogP contribution is 2.25. The lowest BCUT2D eigenvalue weighted by molar-refractivity contribution is 0.619. The molecule has 2 aromatic rings. The molecule has 1 aromatic carbocycles. The molecule has 0 aliphatic heterocycles. The van der Waals surface area contributed by atoms with Crippen LogP contribution in [0.15, 0.2) is 18.2 Å². The maximum absolute atomic E-state index is 13.4. The summed E-state index contributed by atoms with van der Waals surface area (Å²) < 4.78 is 13.4. The van der Waals surface area contributed by atoms with E-state index in [0.717, 1.165) is 15.6 Å². The maximum Gasteiger partial charge on any atom is 0.147 e. The summed E-state index contributed by atoms with van der Waals surface area (Å²) in [6.45, 7) is 2.29. The molecule has 0 saturated heterocycles. The second kappa shape index (κ2) is 4.67. The summed E-state index contributed by atoms with van der Waals surface area (Å²) in [5.74, 6) is -0.215. The molecule has 84 valence electrons. The van der Waals surface area contributed by atoms with Gasteiger partial charge in [-0.2, -0.15) is 0 Å². The minimum absolute atomic E-state index is 0.215. The van der Waals surface area contributed by atoms with Crippen molar-refractivity contribution >= 4 is 11.3 Å². The van der Waals surface area contributed by atoms with Gasteiger partial charge in [-0.15, -0.1) is 10.2 Å². The quantitative estimate of drug-likeness (QED) is 0.890. The molecule has 0 saturated carbocycles. The second-order valence-electron chi connectivity index (χ2n) is 3.50. The van der Waals surface area contributed by atoms with Crippen molar-refractivity contribution in [3.05, 3.63) is 34.6 Å². The minimum Gasteiger partial charge on any atom is -0.330 e. The number of hydrogen-bond acceptors (Lipinski definition) is 4. The third-order valence-electron chi connectivity index (χ3n) is 2.24. The van der Waals surface area contributed by atoms with E-state index >= 15 is 0 Å². The highest BCUT2D eigenvalue weighted by Gasteiger charge is 2.07. The van der Waals surface area contributed by atoms with Crippen LogP contribution in [-0.4, -0.2) is 16.7 Å². The molecule has 0 aliphatic rings. The monoisotopic (exact) mass is 237 g/mol. The van der Waals surface area contributed by atoms with Crippen molar-refractivity contribution in [2.75, 3.05) is 6.54 Å². The zero-order valence-corrected chi connectivity index (χ0v) is 9.72. The number of nitrogens with two attached hydrogens (primary N) is 1. The van der Waals surface area contributed by atoms with Gasteiger partial charge in [-0.25, -0.2) is 4.39 Å². The van der Waals surface area contributed by atoms with Gasteiger partial charge in [0.1, 0.15) is 15.8 Å². The summed E-state index contributed by atoms with van der Waals surface area (Å²) in [7, 11) is 0. The average molecular weight is 237 g/mol. The van der Waals surface area contributed by atoms with Gasteiger partial charge < -0.3 is 5.73 Å². The largest absolute Gasteiger partial charge is 0.330 e. The summed E-state index contributed by atoms with van der Waals surface area (Å²) in [6, 6.07) is 5.09. The Bertz CT molecular complexity index is 496. The smallest absolute Gasteiger partial charge is 0.147 e. The zero-order valence-electron chi connectivity index (χ0n) is 8.90. The highest BCUT2D eigenvalue weighted by atomic mass is 32.1. The Hall–Kier alpha value is -1.33. The van der Waals surface area contributed by atoms with E-state index in [-0.39, 0.29) is 5.82 Å². The molecule has 3 nitrogen and oxygen atoms in total. The van der Waals surface area contributed by atoms with Gasteiger partial charge in [0.15, 0.2) is 0 Å². The Kier molecular flexibility index (Phi) is 3.26. The summed E-state index contributed by atoms with van der Waals surface area (Å²) >= 11 is 1.46. The Morgan fingerprint density at radius 2 is 2.19 bits per heavy atom. The Balaban J connectivity index is 2.31. The third kappa shape index (κ3) is 2.25. The summed E-state index contributed by atoms with van der Waals surface area (Å²) in [5.41, 5.74) is 6.83. The van der Waals surface area contributed by atoms with Gasteiger partial charge in [-0.1, -0.05) is 23.5 Å². The van der Waals surface area contributed by atoms with Crippen LogP contribution in [0.4, 0.5) is 4.39 Å². The van der Waals surface area contributed by atoms with Crippen molar-refractivity contribution in [2.24, 2.45) is 5.73 Å². The van der Waals surface area contributed by atoms with Gasteiger partial charge in [-0.05, 0) is 25.1 Å². The van der Waals surface area contributed by atoms with Crippen LogP contribution >= 0.6 is 11.3 Å². The van der Waals surface area contributed by atoms with E-state index in [9.17, 15) is 4.39 Å². The molecule has 16 heavy (non-hydrogen) atoms. The first-order chi connectivity index (χ1) is 7.70. The first kappa shape index (κ1) is 11.2. The van der Waals surface area contributed by atoms with Crippen LogP contribution in [-0.2, 0) is 6.42 Å². The van der Waals surface area contributed by atoms with Crippen LogP contribution in [0.1, 0.15) is 10.6 Å². The number of halogens is 1. The van der Waals surface area contributed by atoms with E-state index in [2.05, 4.69) is 10.2 Å². The molecule has 0 unspecified atom stereocenters. The van der Waals surface area contributed by atoms with Crippen molar-refractivity contribution in [3.63, 3.8) is 0 Å². The normalized spacial score (nSPS) is 10.7. The topological polar surface area (TPSA) is 51.8 Å². The molecule has 0 amide bonds. The van der Waals surface area contributed by atoms with Gasteiger partial charge >= 0.3 is 0 Å². The van der Waals surface area contributed by atoms with E-state index in [1.807, 2.05) is 6.07 Å². The first-order valence-electron chi connectivity index (χ1n) is 4.99. The molecular weight excluding hydrogens is 225 g/mol. The predicted molar refractivity (Wildman–Crippen MR) is 62.8 cm³/mol. The van der Waals surface area contributed by atoms with Crippen molar-refractivity contribution in [1.82, 2.24) is 10.2 Å². The second-order valence-corrected chi connectivity index (χ2v) is 4.57. The summed E-state index contributed by atoms with van der Waals surface area (Å²) in [5, 5.41) is 9.65. The Morgan fingerprint density at radius 3 is 2.88 bits per heavy atom. The number of hydrogen-bond donors (Lipinski definition) is 1. The fraction of sp³-hybridized carbons (Fsp3) is 0.273. The lowest BCUT2D eigenvalue weighted by Crippen LogP contribution is -2.01. The van der Waals surface area contributed by atoms with Gasteiger partial charge in [0.2, 0.25) is 0 Å². The SMILES string of the molecule is Cc1ccc(-c2nnc(CCN)s2)cc1F. The van der Waals surface area contributed by atoms with E-state index in [1.165, 1.54) is 17.4 Å². The van der Waals surface area contributed by atoms with Crippen molar-refractivity contribution in [2.45, 2.75) is 13.3 Å². The van der Waals surface area contributed by atoms with Crippen LogP contribution in [0.2, 0.25) is 0 Å². The molecule has 5 heteroatoms. The number of aryl methyl sites for hydroxylation is 1. The molecule has 0 aliphatic carbocycles. The molecule has 0 spiro atoms. The molecule has 2 rings (SSSR count). The Morgan fingerprint density at radius 1 is 1.38 bits per heavy atom. The lowest BCUT2D eigenvalue weighted by atomic mass is 10.1. The molecule has 1 aromatic heterocycles. The molecular formula is C11H12FN3S. The molecule has 0 radical (unpaired) electrons. The van der Waals surface area contributed by atoms with E-state index in [1.54, 1.807) is 13.0 Å². The molecule has 0 fully saturated rings. The summed E-state index contributed by atoms with van der Waals surface area (Å²) in [6.07, 6.45) is 0.714. The standard InChI is InChI=1S/C11H12FN3S/c1-7-2-3-8(6-9(7)12)11-15-14-10(16-11)4-5-13/h2-3,6H,4-5,13H2,1H3. The fourth-order valence-corrected chi connectivity index (χ4v) is 2.17. The van der Waals surface area contributed by atoms with E-state index in [4.69, 9.17) is 5.73 Å². The number of rotatable bonds is 3. The van der Waals surface area contributed by atoms with Gasteiger partial charge in [0.05, 0.1) is 0 Å². The number of nitrogens with zero attached hydrogens (tertiary/aromatic N) is 2. The van der Waals surface area contributed by atoms with Gasteiger partial charge in [-0.3, -0.25) is 0 Å². The molecule has 2 N–H and O–H groups in total. The van der Waals surface area contributed by atoms with Crippen molar-refractivity contribution in [3.8, 4) is 10.6 Å². The van der Waals surface area contributed by atoms with E-state index < -0.39 is 0 Å². The van der Waals surface area contributed by atoms with Crippen LogP contribution < -0.4 is 5.73 Å². The average Bonchev–Trinajstić information content (AvgIpc) is 2.71. The highest BCUT2D eigenvalue weighted by molar-refractivity contribution is 7.14. The van der Waals surface area contributed by atoms with Crippen LogP contribution in [0, 0.1) is 12.7 Å². The number of aromatic nitrogens is 2. The predicted octanol–water partition coefficient (Wildman–Crippen LogP) is 2.15. The van der Waals surface area contributed by atoms with Crippen LogP contribution in [0.5, 0.6) is 0 Å². The lowest BCUT2D eigenvalue weighted by Gasteiger charge is -1.98. The van der Waals surface area contributed by atoms with Crippen LogP contribution in [0.25, 0.3) is 10.6 Å². The third-order valence-corrected chi connectivity index (χ3v) is 3.28. The van der Waals surface area contributed by atoms with Gasteiger partial charge in [0.25, 0.3) is 0 Å². The fourth-order valence-electron chi connectivity index (χ4n) is 1.32. The van der Waals surface area contributed by atoms with Crippen LogP contribution in [0.3, 0.4) is 0 Å². The molecule has 1 heterocycles. The van der Waals surface area contributed by atoms with E-state index in [0.29, 0.717) is 18.5 Å². The molecule has 0 bridgehead atoms. The van der Waals surface area contributed by atoms with Crippen molar-refractivity contribution < 1.29 is 4.39 Å². The number of benzene rings is 1. The maximum atomic E-state index is 13.4. The van der Waals surface area contributed by atoms with Crippen molar-refractivity contribution in [1.29, 1.82) is 0 Å². The summed E-state index contributed by atoms with van der Waals surface area (Å²) in [4.78, 5) is 0. The zero-order chi connectivity index (χ0) is 11.5.